The number of carbonyl (C=O) groups excluding carboxylic acids is 2. The van der Waals surface area contributed by atoms with Crippen LogP contribution in [0.1, 0.15) is 30.2 Å². The Kier molecular flexibility index (Phi) is 5.66. The number of fused-ring (bicyclic) bond motifs is 1. The summed E-state index contributed by atoms with van der Waals surface area (Å²) in [6.45, 7) is 1.41. The lowest BCUT2D eigenvalue weighted by atomic mass is 10.1. The normalized spacial score (nSPS) is 15.0. The molecule has 0 aliphatic carbocycles. The lowest BCUT2D eigenvalue weighted by Crippen LogP contribution is -2.34. The van der Waals surface area contributed by atoms with Crippen LogP contribution in [0.5, 0.6) is 0 Å². The molecular formula is C24H22N2O3. The Labute approximate surface area is 169 Å². The van der Waals surface area contributed by atoms with E-state index in [1.165, 1.54) is 6.08 Å². The molecule has 146 valence electrons. The maximum atomic E-state index is 12.9. The van der Waals surface area contributed by atoms with Crippen LogP contribution >= 0.6 is 0 Å². The molecule has 5 nitrogen and oxygen atoms in total. The Hall–Kier alpha value is -3.47. The smallest absolute Gasteiger partial charge is 0.331 e. The molecule has 2 heterocycles. The van der Waals surface area contributed by atoms with Crippen molar-refractivity contribution in [2.75, 3.05) is 13.1 Å². The van der Waals surface area contributed by atoms with Crippen LogP contribution in [0.2, 0.25) is 0 Å². The maximum absolute atomic E-state index is 12.9. The number of pyridine rings is 1. The summed E-state index contributed by atoms with van der Waals surface area (Å²) in [6, 6.07) is 20.7. The number of rotatable bonds is 5. The van der Waals surface area contributed by atoms with Gasteiger partial charge in [-0.25, -0.2) is 9.78 Å². The summed E-state index contributed by atoms with van der Waals surface area (Å²) in [5.74, 6) is -0.736. The number of para-hydroxylation sites is 1. The fourth-order valence-electron chi connectivity index (χ4n) is 3.48. The van der Waals surface area contributed by atoms with Gasteiger partial charge in [-0.3, -0.25) is 4.79 Å². The molecule has 0 saturated carbocycles. The molecule has 1 aromatic heterocycles. The van der Waals surface area contributed by atoms with Crippen molar-refractivity contribution in [2.24, 2.45) is 0 Å². The third kappa shape index (κ3) is 4.51. The number of aromatic nitrogens is 1. The van der Waals surface area contributed by atoms with Crippen LogP contribution in [0.15, 0.2) is 72.8 Å². The van der Waals surface area contributed by atoms with E-state index in [-0.39, 0.29) is 5.91 Å². The van der Waals surface area contributed by atoms with Crippen LogP contribution in [-0.2, 0) is 14.3 Å². The molecular weight excluding hydrogens is 364 g/mol. The van der Waals surface area contributed by atoms with Crippen LogP contribution in [-0.4, -0.2) is 34.8 Å². The first-order valence-electron chi connectivity index (χ1n) is 9.79. The van der Waals surface area contributed by atoms with E-state index in [4.69, 9.17) is 4.74 Å². The topological polar surface area (TPSA) is 59.5 Å². The van der Waals surface area contributed by atoms with Gasteiger partial charge in [0.2, 0.25) is 6.10 Å². The SMILES string of the molecule is O=C(/C=C/c1ccc2ccccc2n1)OC(C(=O)N1CCCC1)c1ccccc1. The minimum atomic E-state index is -0.934. The monoisotopic (exact) mass is 386 g/mol. The molecule has 4 rings (SSSR count). The van der Waals surface area contributed by atoms with E-state index in [2.05, 4.69) is 4.98 Å². The number of likely N-dealkylation sites (tertiary alicyclic amines) is 1. The molecule has 5 heteroatoms. The third-order valence-electron chi connectivity index (χ3n) is 4.99. The van der Waals surface area contributed by atoms with Gasteiger partial charge >= 0.3 is 5.97 Å². The number of carbonyl (C=O) groups is 2. The van der Waals surface area contributed by atoms with E-state index < -0.39 is 12.1 Å². The Morgan fingerprint density at radius 3 is 2.45 bits per heavy atom. The van der Waals surface area contributed by atoms with Crippen molar-refractivity contribution in [3.63, 3.8) is 0 Å². The minimum Gasteiger partial charge on any atom is -0.444 e. The van der Waals surface area contributed by atoms with Crippen LogP contribution in [0.25, 0.3) is 17.0 Å². The molecule has 1 atom stereocenters. The van der Waals surface area contributed by atoms with E-state index in [0.717, 1.165) is 23.7 Å². The zero-order chi connectivity index (χ0) is 20.1. The van der Waals surface area contributed by atoms with Gasteiger partial charge in [0.15, 0.2) is 0 Å². The predicted molar refractivity (Wildman–Crippen MR) is 112 cm³/mol. The largest absolute Gasteiger partial charge is 0.444 e. The fraction of sp³-hybridized carbons (Fsp3) is 0.208. The lowest BCUT2D eigenvalue weighted by molar-refractivity contribution is -0.156. The highest BCUT2D eigenvalue weighted by molar-refractivity contribution is 5.91. The van der Waals surface area contributed by atoms with Crippen molar-refractivity contribution >= 4 is 28.9 Å². The quantitative estimate of drug-likeness (QED) is 0.488. The van der Waals surface area contributed by atoms with Crippen molar-refractivity contribution < 1.29 is 14.3 Å². The summed E-state index contributed by atoms with van der Waals surface area (Å²) < 4.78 is 5.58. The van der Waals surface area contributed by atoms with Crippen molar-refractivity contribution in [1.82, 2.24) is 9.88 Å². The summed E-state index contributed by atoms with van der Waals surface area (Å²) in [7, 11) is 0. The van der Waals surface area contributed by atoms with E-state index in [1.54, 1.807) is 23.1 Å². The Bertz CT molecular complexity index is 1040. The molecule has 1 saturated heterocycles. The number of hydrogen-bond acceptors (Lipinski definition) is 4. The van der Waals surface area contributed by atoms with Crippen LogP contribution in [0.4, 0.5) is 0 Å². The van der Waals surface area contributed by atoms with E-state index in [0.29, 0.717) is 24.3 Å². The molecule has 0 N–H and O–H groups in total. The summed E-state index contributed by atoms with van der Waals surface area (Å²) in [5.41, 5.74) is 2.19. The number of hydrogen-bond donors (Lipinski definition) is 0. The zero-order valence-corrected chi connectivity index (χ0v) is 16.0. The number of benzene rings is 2. The van der Waals surface area contributed by atoms with Crippen LogP contribution in [0, 0.1) is 0 Å². The molecule has 1 aliphatic rings. The minimum absolute atomic E-state index is 0.167. The Morgan fingerprint density at radius 1 is 0.931 bits per heavy atom. The average Bonchev–Trinajstić information content (AvgIpc) is 3.31. The number of ether oxygens (including phenoxy) is 1. The van der Waals surface area contributed by atoms with Gasteiger partial charge in [-0.1, -0.05) is 54.6 Å². The highest BCUT2D eigenvalue weighted by Gasteiger charge is 2.30. The second-order valence-corrected chi connectivity index (χ2v) is 7.02. The van der Waals surface area contributed by atoms with Gasteiger partial charge < -0.3 is 9.64 Å². The van der Waals surface area contributed by atoms with Crippen molar-refractivity contribution in [2.45, 2.75) is 18.9 Å². The highest BCUT2D eigenvalue weighted by Crippen LogP contribution is 2.23. The Morgan fingerprint density at radius 2 is 1.66 bits per heavy atom. The fourth-order valence-corrected chi connectivity index (χ4v) is 3.48. The zero-order valence-electron chi connectivity index (χ0n) is 16.0. The molecule has 2 aromatic carbocycles. The second-order valence-electron chi connectivity index (χ2n) is 7.02. The van der Waals surface area contributed by atoms with Crippen molar-refractivity contribution in [1.29, 1.82) is 0 Å². The molecule has 1 unspecified atom stereocenters. The summed E-state index contributed by atoms with van der Waals surface area (Å²) in [4.78, 5) is 31.7. The number of esters is 1. The molecule has 0 radical (unpaired) electrons. The van der Waals surface area contributed by atoms with Crippen LogP contribution in [0.3, 0.4) is 0 Å². The summed E-state index contributed by atoms with van der Waals surface area (Å²) >= 11 is 0. The van der Waals surface area contributed by atoms with Gasteiger partial charge in [-0.05, 0) is 31.1 Å². The number of nitrogens with zero attached hydrogens (tertiary/aromatic N) is 2. The van der Waals surface area contributed by atoms with Gasteiger partial charge in [-0.2, -0.15) is 0 Å². The predicted octanol–water partition coefficient (Wildman–Crippen LogP) is 4.15. The first-order chi connectivity index (χ1) is 14.2. The lowest BCUT2D eigenvalue weighted by Gasteiger charge is -2.23. The van der Waals surface area contributed by atoms with E-state index in [9.17, 15) is 9.59 Å². The molecule has 1 fully saturated rings. The second kappa shape index (κ2) is 8.69. The first-order valence-corrected chi connectivity index (χ1v) is 9.79. The maximum Gasteiger partial charge on any atom is 0.331 e. The van der Waals surface area contributed by atoms with E-state index >= 15 is 0 Å². The van der Waals surface area contributed by atoms with Gasteiger partial charge in [-0.15, -0.1) is 0 Å². The van der Waals surface area contributed by atoms with Gasteiger partial charge in [0.05, 0.1) is 11.2 Å². The molecule has 0 bridgehead atoms. The highest BCUT2D eigenvalue weighted by atomic mass is 16.5. The average molecular weight is 386 g/mol. The molecule has 0 spiro atoms. The van der Waals surface area contributed by atoms with E-state index in [1.807, 2.05) is 54.6 Å². The van der Waals surface area contributed by atoms with Gasteiger partial charge in [0.25, 0.3) is 5.91 Å². The standard InChI is InChI=1S/C24H22N2O3/c27-22(15-14-20-13-12-18-8-4-5-11-21(18)25-20)29-23(19-9-2-1-3-10-19)24(28)26-16-6-7-17-26/h1-5,8-15,23H,6-7,16-17H2/b15-14+. The summed E-state index contributed by atoms with van der Waals surface area (Å²) in [5, 5.41) is 1.03. The summed E-state index contributed by atoms with van der Waals surface area (Å²) in [6.07, 6.45) is 3.96. The molecule has 1 aliphatic heterocycles. The van der Waals surface area contributed by atoms with Crippen molar-refractivity contribution in [3.05, 3.63) is 84.1 Å². The first kappa shape index (κ1) is 18.9. The molecule has 3 aromatic rings. The number of amides is 1. The van der Waals surface area contributed by atoms with Crippen molar-refractivity contribution in [3.8, 4) is 0 Å². The van der Waals surface area contributed by atoms with Gasteiger partial charge in [0.1, 0.15) is 0 Å². The Balaban J connectivity index is 1.50. The molecule has 1 amide bonds. The van der Waals surface area contributed by atoms with Gasteiger partial charge in [0, 0.05) is 30.1 Å². The third-order valence-corrected chi connectivity index (χ3v) is 4.99. The van der Waals surface area contributed by atoms with Crippen LogP contribution < -0.4 is 0 Å². The molecule has 29 heavy (non-hydrogen) atoms.